The fourth-order valence-corrected chi connectivity index (χ4v) is 5.90. The standard InChI is InChI=1S/C30H29ClN6O4S/c1-21-20-34(17-18-35(21)29(39)23-11-15-26(16-12-23)37(40)41)27(38)8-5-19-42-30-33-32-28(22-9-13-24(31)14-10-22)36(30)25-6-3-2-4-7-25/h2-4,6-7,9-16,21H,5,8,17-20H2,1H3. The maximum absolute atomic E-state index is 13.0. The van der Waals surface area contributed by atoms with Crippen molar-refractivity contribution in [2.45, 2.75) is 31.0 Å². The summed E-state index contributed by atoms with van der Waals surface area (Å²) in [7, 11) is 0. The topological polar surface area (TPSA) is 114 Å². The van der Waals surface area contributed by atoms with Crippen molar-refractivity contribution in [1.29, 1.82) is 0 Å². The monoisotopic (exact) mass is 604 g/mol. The van der Waals surface area contributed by atoms with E-state index in [1.54, 1.807) is 21.6 Å². The highest BCUT2D eigenvalue weighted by Gasteiger charge is 2.30. The lowest BCUT2D eigenvalue weighted by Gasteiger charge is -2.40. The van der Waals surface area contributed by atoms with E-state index in [1.165, 1.54) is 24.3 Å². The lowest BCUT2D eigenvalue weighted by atomic mass is 10.1. The second kappa shape index (κ2) is 13.2. The Bertz CT molecular complexity index is 1560. The van der Waals surface area contributed by atoms with Crippen LogP contribution in [0.25, 0.3) is 17.1 Å². The van der Waals surface area contributed by atoms with Gasteiger partial charge in [-0.25, -0.2) is 0 Å². The zero-order valence-electron chi connectivity index (χ0n) is 22.9. The first-order valence-corrected chi connectivity index (χ1v) is 14.9. The molecule has 0 spiro atoms. The summed E-state index contributed by atoms with van der Waals surface area (Å²) < 4.78 is 2.01. The van der Waals surface area contributed by atoms with Gasteiger partial charge in [0, 0.05) is 71.8 Å². The summed E-state index contributed by atoms with van der Waals surface area (Å²) in [4.78, 5) is 39.9. The molecule has 1 aliphatic heterocycles. The molecule has 0 saturated carbocycles. The van der Waals surface area contributed by atoms with Crippen LogP contribution in [0.15, 0.2) is 84.0 Å². The molecule has 0 radical (unpaired) electrons. The predicted molar refractivity (Wildman–Crippen MR) is 162 cm³/mol. The summed E-state index contributed by atoms with van der Waals surface area (Å²) in [6, 6.07) is 22.8. The Morgan fingerprint density at radius 2 is 1.71 bits per heavy atom. The van der Waals surface area contributed by atoms with E-state index in [2.05, 4.69) is 10.2 Å². The molecule has 0 aliphatic carbocycles. The smallest absolute Gasteiger partial charge is 0.269 e. The maximum Gasteiger partial charge on any atom is 0.269 e. The van der Waals surface area contributed by atoms with Gasteiger partial charge in [-0.15, -0.1) is 10.2 Å². The van der Waals surface area contributed by atoms with Crippen molar-refractivity contribution in [3.8, 4) is 17.1 Å². The van der Waals surface area contributed by atoms with E-state index >= 15 is 0 Å². The summed E-state index contributed by atoms with van der Waals surface area (Å²) in [6.07, 6.45) is 1.05. The number of nitro groups is 1. The van der Waals surface area contributed by atoms with Crippen molar-refractivity contribution >= 4 is 40.9 Å². The molecule has 2 amide bonds. The van der Waals surface area contributed by atoms with E-state index in [4.69, 9.17) is 11.6 Å². The Kier molecular flexibility index (Phi) is 9.19. The molecule has 4 aromatic rings. The highest BCUT2D eigenvalue weighted by Crippen LogP contribution is 2.29. The van der Waals surface area contributed by atoms with Gasteiger partial charge in [0.1, 0.15) is 0 Å². The largest absolute Gasteiger partial charge is 0.339 e. The SMILES string of the molecule is CC1CN(C(=O)CCCSc2nnc(-c3ccc(Cl)cc3)n2-c2ccccc2)CCN1C(=O)c1ccc([N+](=O)[O-])cc1. The minimum Gasteiger partial charge on any atom is -0.339 e. The molecule has 42 heavy (non-hydrogen) atoms. The van der Waals surface area contributed by atoms with Crippen molar-refractivity contribution in [2.75, 3.05) is 25.4 Å². The molecule has 1 aromatic heterocycles. The van der Waals surface area contributed by atoms with Gasteiger partial charge >= 0.3 is 0 Å². The molecule has 5 rings (SSSR count). The number of nitro benzene ring substituents is 1. The number of nitrogens with zero attached hydrogens (tertiary/aromatic N) is 6. The normalized spacial score (nSPS) is 15.0. The van der Waals surface area contributed by atoms with Gasteiger partial charge in [0.25, 0.3) is 11.6 Å². The fourth-order valence-electron chi connectivity index (χ4n) is 4.88. The van der Waals surface area contributed by atoms with Crippen LogP contribution in [0, 0.1) is 10.1 Å². The molecule has 1 aliphatic rings. The molecule has 3 aromatic carbocycles. The van der Waals surface area contributed by atoms with Crippen molar-refractivity contribution in [2.24, 2.45) is 0 Å². The van der Waals surface area contributed by atoms with Crippen molar-refractivity contribution < 1.29 is 14.5 Å². The second-order valence-electron chi connectivity index (χ2n) is 9.93. The molecule has 1 unspecified atom stereocenters. The van der Waals surface area contributed by atoms with Crippen LogP contribution < -0.4 is 0 Å². The molecule has 0 N–H and O–H groups in total. The molecule has 1 saturated heterocycles. The number of piperazine rings is 1. The van der Waals surface area contributed by atoms with E-state index in [9.17, 15) is 19.7 Å². The number of para-hydroxylation sites is 1. The number of aromatic nitrogens is 3. The van der Waals surface area contributed by atoms with Crippen LogP contribution in [-0.4, -0.2) is 72.7 Å². The highest BCUT2D eigenvalue weighted by molar-refractivity contribution is 7.99. The number of non-ortho nitro benzene ring substituents is 1. The lowest BCUT2D eigenvalue weighted by Crippen LogP contribution is -2.55. The van der Waals surface area contributed by atoms with E-state index < -0.39 is 4.92 Å². The number of rotatable bonds is 9. The summed E-state index contributed by atoms with van der Waals surface area (Å²) in [5, 5.41) is 21.2. The van der Waals surface area contributed by atoms with Crippen LogP contribution in [0.1, 0.15) is 30.1 Å². The fraction of sp³-hybridized carbons (Fsp3) is 0.267. The molecule has 1 atom stereocenters. The number of amides is 2. The van der Waals surface area contributed by atoms with Gasteiger partial charge < -0.3 is 9.80 Å². The molecule has 2 heterocycles. The average Bonchev–Trinajstić information content (AvgIpc) is 3.43. The van der Waals surface area contributed by atoms with Crippen LogP contribution >= 0.6 is 23.4 Å². The van der Waals surface area contributed by atoms with E-state index in [0.29, 0.717) is 54.6 Å². The maximum atomic E-state index is 13.0. The Morgan fingerprint density at radius 3 is 2.38 bits per heavy atom. The van der Waals surface area contributed by atoms with Crippen LogP contribution in [0.4, 0.5) is 5.69 Å². The van der Waals surface area contributed by atoms with Gasteiger partial charge in [-0.2, -0.15) is 0 Å². The highest BCUT2D eigenvalue weighted by atomic mass is 35.5. The van der Waals surface area contributed by atoms with Gasteiger partial charge in [-0.1, -0.05) is 41.6 Å². The molecule has 216 valence electrons. The Morgan fingerprint density at radius 1 is 1.00 bits per heavy atom. The zero-order chi connectivity index (χ0) is 29.6. The number of benzene rings is 3. The van der Waals surface area contributed by atoms with Crippen molar-refractivity contribution in [3.05, 3.63) is 99.6 Å². The van der Waals surface area contributed by atoms with Crippen LogP contribution in [0.5, 0.6) is 0 Å². The summed E-state index contributed by atoms with van der Waals surface area (Å²) in [5.41, 5.74) is 2.18. The molecule has 12 heteroatoms. The third-order valence-corrected chi connectivity index (χ3v) is 8.35. The predicted octanol–water partition coefficient (Wildman–Crippen LogP) is 5.74. The lowest BCUT2D eigenvalue weighted by molar-refractivity contribution is -0.384. The number of hydrogen-bond donors (Lipinski definition) is 0. The Labute approximate surface area is 252 Å². The van der Waals surface area contributed by atoms with E-state index in [0.717, 1.165) is 16.4 Å². The van der Waals surface area contributed by atoms with E-state index in [-0.39, 0.29) is 23.5 Å². The number of thioether (sulfide) groups is 1. The Hall–Kier alpha value is -4.22. The van der Waals surface area contributed by atoms with Gasteiger partial charge in [0.2, 0.25) is 5.91 Å². The molecular formula is C30H29ClN6O4S. The van der Waals surface area contributed by atoms with E-state index in [1.807, 2.05) is 66.1 Å². The first-order chi connectivity index (χ1) is 20.3. The third kappa shape index (κ3) is 6.63. The summed E-state index contributed by atoms with van der Waals surface area (Å²) >= 11 is 7.63. The molecule has 1 fully saturated rings. The molecule has 0 bridgehead atoms. The summed E-state index contributed by atoms with van der Waals surface area (Å²) in [6.45, 7) is 3.21. The molecule has 10 nitrogen and oxygen atoms in total. The second-order valence-corrected chi connectivity index (χ2v) is 11.4. The first kappa shape index (κ1) is 29.3. The minimum absolute atomic E-state index is 0.0521. The van der Waals surface area contributed by atoms with Gasteiger partial charge in [0.15, 0.2) is 11.0 Å². The molecular weight excluding hydrogens is 576 g/mol. The number of carbonyl (C=O) groups excluding carboxylic acids is 2. The van der Waals surface area contributed by atoms with Crippen LogP contribution in [0.3, 0.4) is 0 Å². The number of halogens is 1. The van der Waals surface area contributed by atoms with Gasteiger partial charge in [-0.3, -0.25) is 24.3 Å². The first-order valence-electron chi connectivity index (χ1n) is 13.5. The zero-order valence-corrected chi connectivity index (χ0v) is 24.5. The van der Waals surface area contributed by atoms with Gasteiger partial charge in [0.05, 0.1) is 4.92 Å². The van der Waals surface area contributed by atoms with Crippen molar-refractivity contribution in [1.82, 2.24) is 24.6 Å². The summed E-state index contributed by atoms with van der Waals surface area (Å²) in [5.74, 6) is 1.26. The minimum atomic E-state index is -0.493. The third-order valence-electron chi connectivity index (χ3n) is 7.08. The number of hydrogen-bond acceptors (Lipinski definition) is 7. The quantitative estimate of drug-likeness (QED) is 0.104. The van der Waals surface area contributed by atoms with Crippen molar-refractivity contribution in [3.63, 3.8) is 0 Å². The van der Waals surface area contributed by atoms with Gasteiger partial charge in [-0.05, 0) is 61.9 Å². The average molecular weight is 605 g/mol. The van der Waals surface area contributed by atoms with Crippen LogP contribution in [-0.2, 0) is 4.79 Å². The Balaban J connectivity index is 1.16. The number of carbonyl (C=O) groups is 2. The van der Waals surface area contributed by atoms with Crippen LogP contribution in [0.2, 0.25) is 5.02 Å².